The van der Waals surface area contributed by atoms with Gasteiger partial charge in [0.2, 0.25) is 0 Å². The first kappa shape index (κ1) is 15.9. The molecule has 5 heteroatoms. The first-order valence-electron chi connectivity index (χ1n) is 6.77. The molecule has 0 saturated heterocycles. The van der Waals surface area contributed by atoms with Gasteiger partial charge < -0.3 is 9.84 Å². The maximum Gasteiger partial charge on any atom is 0.303 e. The lowest BCUT2D eigenvalue weighted by Gasteiger charge is -2.14. The van der Waals surface area contributed by atoms with E-state index < -0.39 is 17.6 Å². The summed E-state index contributed by atoms with van der Waals surface area (Å²) in [5.41, 5.74) is 1.15. The van der Waals surface area contributed by atoms with Crippen molar-refractivity contribution in [2.45, 2.75) is 19.3 Å². The van der Waals surface area contributed by atoms with Gasteiger partial charge in [0, 0.05) is 11.1 Å². The van der Waals surface area contributed by atoms with Crippen LogP contribution in [0, 0.1) is 11.6 Å². The first-order valence-corrected chi connectivity index (χ1v) is 6.77. The average Bonchev–Trinajstić information content (AvgIpc) is 2.47. The predicted octanol–water partition coefficient (Wildman–Crippen LogP) is 4.22. The second kappa shape index (κ2) is 6.56. The lowest BCUT2D eigenvalue weighted by atomic mass is 9.93. The Morgan fingerprint density at radius 2 is 1.91 bits per heavy atom. The van der Waals surface area contributed by atoms with Gasteiger partial charge in [-0.2, -0.15) is 0 Å². The molecule has 2 aromatic carbocycles. The Hall–Kier alpha value is -2.43. The number of methoxy groups -OCH3 is 1. The second-order valence-electron chi connectivity index (χ2n) is 5.08. The molecule has 1 unspecified atom stereocenters. The Labute approximate surface area is 127 Å². The van der Waals surface area contributed by atoms with E-state index in [-0.39, 0.29) is 17.9 Å². The topological polar surface area (TPSA) is 46.5 Å². The van der Waals surface area contributed by atoms with Crippen LogP contribution in [0.15, 0.2) is 36.4 Å². The number of carboxylic acid groups (broad SMARTS) is 1. The number of halogens is 2. The van der Waals surface area contributed by atoms with Gasteiger partial charge in [-0.25, -0.2) is 8.78 Å². The summed E-state index contributed by atoms with van der Waals surface area (Å²) in [5, 5.41) is 8.86. The van der Waals surface area contributed by atoms with Crippen molar-refractivity contribution in [3.8, 4) is 16.9 Å². The average molecular weight is 306 g/mol. The molecule has 0 amide bonds. The highest BCUT2D eigenvalue weighted by molar-refractivity contribution is 5.72. The van der Waals surface area contributed by atoms with E-state index in [0.717, 1.165) is 0 Å². The van der Waals surface area contributed by atoms with E-state index in [1.165, 1.54) is 37.4 Å². The number of carbonyl (C=O) groups is 1. The molecule has 0 radical (unpaired) electrons. The van der Waals surface area contributed by atoms with Crippen LogP contribution in [-0.4, -0.2) is 18.2 Å². The molecule has 0 aliphatic heterocycles. The van der Waals surface area contributed by atoms with Gasteiger partial charge in [-0.1, -0.05) is 13.0 Å². The summed E-state index contributed by atoms with van der Waals surface area (Å²) in [7, 11) is 1.42. The van der Waals surface area contributed by atoms with E-state index in [0.29, 0.717) is 16.9 Å². The molecule has 0 heterocycles. The Kier molecular flexibility index (Phi) is 4.75. The number of hydrogen-bond acceptors (Lipinski definition) is 2. The van der Waals surface area contributed by atoms with E-state index in [1.54, 1.807) is 13.0 Å². The van der Waals surface area contributed by atoms with Crippen LogP contribution in [0.2, 0.25) is 0 Å². The summed E-state index contributed by atoms with van der Waals surface area (Å²) in [6.45, 7) is 1.74. The van der Waals surface area contributed by atoms with Gasteiger partial charge in [-0.15, -0.1) is 0 Å². The fourth-order valence-electron chi connectivity index (χ4n) is 2.33. The monoisotopic (exact) mass is 306 g/mol. The quantitative estimate of drug-likeness (QED) is 0.899. The zero-order valence-electron chi connectivity index (χ0n) is 12.3. The SMILES string of the molecule is COc1ccc(F)cc1-c1cc(C(C)CC(=O)O)ccc1F. The molecule has 0 bridgehead atoms. The zero-order valence-corrected chi connectivity index (χ0v) is 12.3. The van der Waals surface area contributed by atoms with E-state index in [4.69, 9.17) is 9.84 Å². The number of aliphatic carboxylic acids is 1. The van der Waals surface area contributed by atoms with E-state index in [1.807, 2.05) is 0 Å². The minimum atomic E-state index is -0.929. The van der Waals surface area contributed by atoms with Crippen LogP contribution in [0.4, 0.5) is 8.78 Å². The first-order chi connectivity index (χ1) is 10.4. The lowest BCUT2D eigenvalue weighted by Crippen LogP contribution is -2.03. The van der Waals surface area contributed by atoms with Gasteiger partial charge in [0.15, 0.2) is 0 Å². The number of hydrogen-bond donors (Lipinski definition) is 1. The van der Waals surface area contributed by atoms with Crippen molar-refractivity contribution in [2.24, 2.45) is 0 Å². The molecule has 0 aliphatic carbocycles. The normalized spacial score (nSPS) is 12.0. The van der Waals surface area contributed by atoms with Gasteiger partial charge in [0.25, 0.3) is 0 Å². The third kappa shape index (κ3) is 3.42. The van der Waals surface area contributed by atoms with Crippen molar-refractivity contribution in [1.29, 1.82) is 0 Å². The summed E-state index contributed by atoms with van der Waals surface area (Å²) >= 11 is 0. The maximum atomic E-state index is 14.1. The van der Waals surface area contributed by atoms with Gasteiger partial charge in [-0.3, -0.25) is 4.79 Å². The molecule has 0 aromatic heterocycles. The summed E-state index contributed by atoms with van der Waals surface area (Å²) in [5.74, 6) is -1.88. The molecule has 116 valence electrons. The van der Waals surface area contributed by atoms with Crippen LogP contribution < -0.4 is 4.74 Å². The zero-order chi connectivity index (χ0) is 16.3. The molecule has 0 aliphatic rings. The molecule has 1 N–H and O–H groups in total. The molecule has 2 rings (SSSR count). The highest BCUT2D eigenvalue weighted by Crippen LogP contribution is 2.34. The molecule has 0 fully saturated rings. The standard InChI is InChI=1S/C17H16F2O3/c1-10(7-17(20)21)11-3-5-15(19)13(8-11)14-9-12(18)4-6-16(14)22-2/h3-6,8-10H,7H2,1-2H3,(H,20,21). The van der Waals surface area contributed by atoms with Crippen LogP contribution in [-0.2, 0) is 4.79 Å². The summed E-state index contributed by atoms with van der Waals surface area (Å²) in [4.78, 5) is 10.8. The van der Waals surface area contributed by atoms with E-state index >= 15 is 0 Å². The minimum absolute atomic E-state index is 0.0641. The van der Waals surface area contributed by atoms with Crippen LogP contribution in [0.5, 0.6) is 5.75 Å². The number of carboxylic acids is 1. The number of ether oxygens (including phenoxy) is 1. The van der Waals surface area contributed by atoms with Crippen molar-refractivity contribution < 1.29 is 23.4 Å². The van der Waals surface area contributed by atoms with Gasteiger partial charge in [0.1, 0.15) is 17.4 Å². The Bertz CT molecular complexity index is 698. The Morgan fingerprint density at radius 3 is 2.55 bits per heavy atom. The maximum absolute atomic E-state index is 14.1. The molecule has 1 atom stereocenters. The van der Waals surface area contributed by atoms with E-state index in [2.05, 4.69) is 0 Å². The van der Waals surface area contributed by atoms with Crippen LogP contribution >= 0.6 is 0 Å². The Balaban J connectivity index is 2.51. The van der Waals surface area contributed by atoms with Crippen LogP contribution in [0.25, 0.3) is 11.1 Å². The largest absolute Gasteiger partial charge is 0.496 e. The predicted molar refractivity (Wildman–Crippen MR) is 79.0 cm³/mol. The number of rotatable bonds is 5. The van der Waals surface area contributed by atoms with Gasteiger partial charge in [0.05, 0.1) is 13.5 Å². The molecular weight excluding hydrogens is 290 g/mol. The van der Waals surface area contributed by atoms with Gasteiger partial charge in [-0.05, 0) is 41.8 Å². The summed E-state index contributed by atoms with van der Waals surface area (Å²) in [6, 6.07) is 8.20. The van der Waals surface area contributed by atoms with Crippen LogP contribution in [0.1, 0.15) is 24.8 Å². The second-order valence-corrected chi connectivity index (χ2v) is 5.08. The Morgan fingerprint density at radius 1 is 1.18 bits per heavy atom. The van der Waals surface area contributed by atoms with Crippen molar-refractivity contribution in [3.63, 3.8) is 0 Å². The van der Waals surface area contributed by atoms with Crippen molar-refractivity contribution in [3.05, 3.63) is 53.6 Å². The smallest absolute Gasteiger partial charge is 0.303 e. The third-order valence-electron chi connectivity index (χ3n) is 3.49. The summed E-state index contributed by atoms with van der Waals surface area (Å²) < 4.78 is 32.8. The highest BCUT2D eigenvalue weighted by atomic mass is 19.1. The molecule has 22 heavy (non-hydrogen) atoms. The van der Waals surface area contributed by atoms with Crippen molar-refractivity contribution >= 4 is 5.97 Å². The molecular formula is C17H16F2O3. The highest BCUT2D eigenvalue weighted by Gasteiger charge is 2.16. The number of benzene rings is 2. The fraction of sp³-hybridized carbons (Fsp3) is 0.235. The third-order valence-corrected chi connectivity index (χ3v) is 3.49. The minimum Gasteiger partial charge on any atom is -0.496 e. The molecule has 2 aromatic rings. The van der Waals surface area contributed by atoms with Crippen LogP contribution in [0.3, 0.4) is 0 Å². The molecule has 0 spiro atoms. The summed E-state index contributed by atoms with van der Waals surface area (Å²) in [6.07, 6.45) is -0.0641. The van der Waals surface area contributed by atoms with Gasteiger partial charge >= 0.3 is 5.97 Å². The van der Waals surface area contributed by atoms with Crippen molar-refractivity contribution in [2.75, 3.05) is 7.11 Å². The van der Waals surface area contributed by atoms with Crippen molar-refractivity contribution in [1.82, 2.24) is 0 Å². The van der Waals surface area contributed by atoms with E-state index in [9.17, 15) is 13.6 Å². The fourth-order valence-corrected chi connectivity index (χ4v) is 2.33. The lowest BCUT2D eigenvalue weighted by molar-refractivity contribution is -0.137. The molecule has 0 saturated carbocycles. The molecule has 3 nitrogen and oxygen atoms in total.